The Kier molecular flexibility index (Phi) is 5.89. The topological polar surface area (TPSA) is 124 Å². The number of morpholine rings is 1. The highest BCUT2D eigenvalue weighted by Crippen LogP contribution is 2.26. The standard InChI is InChI=1S/C23H22N8O2/c24-22-26-13-16(14-27-22)19-12-20(30-23(29-19)31-8-10-32-11-9-31)28-17-6-7-21(25-15-17)33-18-4-2-1-3-5-18/h1-7,12-15H,8-11H2,(H2,24,26,27)(H,28,29,30). The summed E-state index contributed by atoms with van der Waals surface area (Å²) in [5.41, 5.74) is 7.83. The molecule has 0 aliphatic carbocycles. The van der Waals surface area contributed by atoms with Crippen molar-refractivity contribution in [2.24, 2.45) is 0 Å². The van der Waals surface area contributed by atoms with Crippen LogP contribution in [-0.4, -0.2) is 51.2 Å². The summed E-state index contributed by atoms with van der Waals surface area (Å²) in [7, 11) is 0. The second-order valence-electron chi connectivity index (χ2n) is 7.29. The summed E-state index contributed by atoms with van der Waals surface area (Å²) >= 11 is 0. The summed E-state index contributed by atoms with van der Waals surface area (Å²) in [6, 6.07) is 15.0. The predicted octanol–water partition coefficient (Wildman–Crippen LogP) is 3.28. The van der Waals surface area contributed by atoms with E-state index in [0.717, 1.165) is 17.0 Å². The molecule has 0 amide bonds. The average Bonchev–Trinajstić information content (AvgIpc) is 2.87. The Morgan fingerprint density at radius 3 is 2.42 bits per heavy atom. The third-order valence-corrected chi connectivity index (χ3v) is 4.95. The van der Waals surface area contributed by atoms with Crippen LogP contribution in [0.1, 0.15) is 0 Å². The molecule has 1 aliphatic heterocycles. The van der Waals surface area contributed by atoms with Gasteiger partial charge in [0.05, 0.1) is 30.8 Å². The number of rotatable bonds is 6. The van der Waals surface area contributed by atoms with Crippen LogP contribution in [0.25, 0.3) is 11.3 Å². The maximum Gasteiger partial charge on any atom is 0.228 e. The number of nitrogens with one attached hydrogen (secondary N) is 1. The molecule has 1 fully saturated rings. The summed E-state index contributed by atoms with van der Waals surface area (Å²) in [4.78, 5) is 24.1. The van der Waals surface area contributed by atoms with Crippen LogP contribution < -0.4 is 20.7 Å². The molecular weight excluding hydrogens is 420 g/mol. The van der Waals surface area contributed by atoms with Crippen LogP contribution in [0.2, 0.25) is 0 Å². The van der Waals surface area contributed by atoms with Crippen LogP contribution in [0.4, 0.5) is 23.4 Å². The molecule has 10 nitrogen and oxygen atoms in total. The lowest BCUT2D eigenvalue weighted by molar-refractivity contribution is 0.122. The number of benzene rings is 1. The van der Waals surface area contributed by atoms with Crippen molar-refractivity contribution in [1.82, 2.24) is 24.9 Å². The fraction of sp³-hybridized carbons (Fsp3) is 0.174. The molecule has 1 aromatic carbocycles. The lowest BCUT2D eigenvalue weighted by Crippen LogP contribution is -2.37. The highest BCUT2D eigenvalue weighted by atomic mass is 16.5. The van der Waals surface area contributed by atoms with Gasteiger partial charge < -0.3 is 25.4 Å². The van der Waals surface area contributed by atoms with Gasteiger partial charge in [-0.25, -0.2) is 19.9 Å². The molecule has 166 valence electrons. The monoisotopic (exact) mass is 442 g/mol. The van der Waals surface area contributed by atoms with E-state index in [9.17, 15) is 0 Å². The largest absolute Gasteiger partial charge is 0.439 e. The molecule has 4 aromatic rings. The minimum absolute atomic E-state index is 0.212. The molecule has 1 aliphatic rings. The van der Waals surface area contributed by atoms with Crippen LogP contribution >= 0.6 is 0 Å². The molecule has 4 heterocycles. The number of pyridine rings is 1. The summed E-state index contributed by atoms with van der Waals surface area (Å²) < 4.78 is 11.2. The van der Waals surface area contributed by atoms with Crippen LogP contribution in [0.5, 0.6) is 11.6 Å². The third-order valence-electron chi connectivity index (χ3n) is 4.95. The van der Waals surface area contributed by atoms with E-state index in [4.69, 9.17) is 25.2 Å². The van der Waals surface area contributed by atoms with Crippen molar-refractivity contribution >= 4 is 23.4 Å². The number of nitrogens with zero attached hydrogens (tertiary/aromatic N) is 6. The molecule has 1 saturated heterocycles. The van der Waals surface area contributed by atoms with Crippen LogP contribution in [-0.2, 0) is 4.74 Å². The summed E-state index contributed by atoms with van der Waals surface area (Å²) in [6.45, 7) is 2.70. The van der Waals surface area contributed by atoms with E-state index in [0.29, 0.717) is 49.6 Å². The molecule has 0 radical (unpaired) electrons. The first-order chi connectivity index (χ1) is 16.2. The minimum Gasteiger partial charge on any atom is -0.439 e. The van der Waals surface area contributed by atoms with E-state index in [1.807, 2.05) is 42.5 Å². The number of nitrogen functional groups attached to an aromatic ring is 1. The predicted molar refractivity (Wildman–Crippen MR) is 125 cm³/mol. The zero-order valence-corrected chi connectivity index (χ0v) is 17.8. The minimum atomic E-state index is 0.212. The molecule has 0 saturated carbocycles. The summed E-state index contributed by atoms with van der Waals surface area (Å²) in [5.74, 6) is 2.67. The van der Waals surface area contributed by atoms with Crippen molar-refractivity contribution in [2.45, 2.75) is 0 Å². The van der Waals surface area contributed by atoms with Gasteiger partial charge in [-0.2, -0.15) is 4.98 Å². The molecule has 5 rings (SSSR count). The Bertz CT molecular complexity index is 1200. The molecule has 10 heteroatoms. The second-order valence-corrected chi connectivity index (χ2v) is 7.29. The maximum atomic E-state index is 5.76. The molecule has 33 heavy (non-hydrogen) atoms. The van der Waals surface area contributed by atoms with Gasteiger partial charge in [0, 0.05) is 43.2 Å². The second kappa shape index (κ2) is 9.45. The van der Waals surface area contributed by atoms with Crippen LogP contribution in [0.15, 0.2) is 67.1 Å². The van der Waals surface area contributed by atoms with Gasteiger partial charge in [0.15, 0.2) is 0 Å². The molecule has 3 aromatic heterocycles. The first-order valence-corrected chi connectivity index (χ1v) is 10.5. The van der Waals surface area contributed by atoms with Gasteiger partial charge in [-0.15, -0.1) is 0 Å². The molecule has 0 spiro atoms. The van der Waals surface area contributed by atoms with Crippen molar-refractivity contribution in [3.8, 4) is 22.9 Å². The molecule has 3 N–H and O–H groups in total. The van der Waals surface area contributed by atoms with E-state index in [1.165, 1.54) is 0 Å². The van der Waals surface area contributed by atoms with Gasteiger partial charge in [-0.05, 0) is 18.2 Å². The lowest BCUT2D eigenvalue weighted by Gasteiger charge is -2.27. The number of anilines is 4. The highest BCUT2D eigenvalue weighted by Gasteiger charge is 2.17. The van der Waals surface area contributed by atoms with Crippen molar-refractivity contribution < 1.29 is 9.47 Å². The zero-order chi connectivity index (χ0) is 22.5. The number of para-hydroxylation sites is 1. The fourth-order valence-electron chi connectivity index (χ4n) is 3.29. The van der Waals surface area contributed by atoms with Gasteiger partial charge >= 0.3 is 0 Å². The Morgan fingerprint density at radius 2 is 1.70 bits per heavy atom. The van der Waals surface area contributed by atoms with Gasteiger partial charge in [0.25, 0.3) is 0 Å². The Hall–Kier alpha value is -4.31. The summed E-state index contributed by atoms with van der Waals surface area (Å²) in [6.07, 6.45) is 4.99. The van der Waals surface area contributed by atoms with E-state index >= 15 is 0 Å². The van der Waals surface area contributed by atoms with Crippen LogP contribution in [0, 0.1) is 0 Å². The van der Waals surface area contributed by atoms with Crippen molar-refractivity contribution in [2.75, 3.05) is 42.3 Å². The van der Waals surface area contributed by atoms with Crippen molar-refractivity contribution in [3.05, 3.63) is 67.1 Å². The van der Waals surface area contributed by atoms with Gasteiger partial charge in [-0.1, -0.05) is 18.2 Å². The van der Waals surface area contributed by atoms with Gasteiger partial charge in [-0.3, -0.25) is 0 Å². The summed E-state index contributed by atoms with van der Waals surface area (Å²) in [5, 5.41) is 3.30. The molecule has 0 bridgehead atoms. The number of ether oxygens (including phenoxy) is 2. The average molecular weight is 442 g/mol. The van der Waals surface area contributed by atoms with E-state index in [1.54, 1.807) is 24.7 Å². The third kappa shape index (κ3) is 5.13. The van der Waals surface area contributed by atoms with Gasteiger partial charge in [0.2, 0.25) is 17.8 Å². The number of hydrogen-bond acceptors (Lipinski definition) is 10. The highest BCUT2D eigenvalue weighted by molar-refractivity contribution is 5.66. The Morgan fingerprint density at radius 1 is 0.909 bits per heavy atom. The van der Waals surface area contributed by atoms with E-state index in [2.05, 4.69) is 25.2 Å². The quantitative estimate of drug-likeness (QED) is 0.459. The number of hydrogen-bond donors (Lipinski definition) is 2. The molecular formula is C23H22N8O2. The smallest absolute Gasteiger partial charge is 0.228 e. The van der Waals surface area contributed by atoms with E-state index < -0.39 is 0 Å². The molecule has 0 unspecified atom stereocenters. The zero-order valence-electron chi connectivity index (χ0n) is 17.8. The maximum absolute atomic E-state index is 5.76. The lowest BCUT2D eigenvalue weighted by atomic mass is 10.2. The fourth-order valence-corrected chi connectivity index (χ4v) is 3.29. The molecule has 0 atom stereocenters. The van der Waals surface area contributed by atoms with Gasteiger partial charge in [0.1, 0.15) is 11.6 Å². The van der Waals surface area contributed by atoms with E-state index in [-0.39, 0.29) is 5.95 Å². The van der Waals surface area contributed by atoms with Crippen molar-refractivity contribution in [1.29, 1.82) is 0 Å². The Labute approximate surface area is 190 Å². The first-order valence-electron chi connectivity index (χ1n) is 10.5. The normalized spacial score (nSPS) is 13.5. The number of nitrogens with two attached hydrogens (primary N) is 1. The Balaban J connectivity index is 1.40. The number of aromatic nitrogens is 5. The van der Waals surface area contributed by atoms with Crippen molar-refractivity contribution in [3.63, 3.8) is 0 Å². The van der Waals surface area contributed by atoms with Crippen LogP contribution in [0.3, 0.4) is 0 Å². The SMILES string of the molecule is Nc1ncc(-c2cc(Nc3ccc(Oc4ccccc4)nc3)nc(N3CCOCC3)n2)cn1. The first kappa shape index (κ1) is 20.6.